The van der Waals surface area contributed by atoms with Crippen molar-refractivity contribution >= 4 is 10.9 Å². The normalized spacial score (nSPS) is 16.3. The van der Waals surface area contributed by atoms with Gasteiger partial charge in [-0.25, -0.2) is 0 Å². The molecular weight excluding hydrogens is 344 g/mol. The summed E-state index contributed by atoms with van der Waals surface area (Å²) in [5.41, 5.74) is 8.58. The van der Waals surface area contributed by atoms with E-state index in [1.165, 1.54) is 33.3 Å². The lowest BCUT2D eigenvalue weighted by Crippen LogP contribution is -2.18. The van der Waals surface area contributed by atoms with Gasteiger partial charge in [-0.15, -0.1) is 0 Å². The second-order valence-corrected chi connectivity index (χ2v) is 7.80. The average molecular weight is 368 g/mol. The van der Waals surface area contributed by atoms with Crippen LogP contribution in [-0.2, 0) is 19.6 Å². The highest BCUT2D eigenvalue weighted by atomic mass is 16.3. The Morgan fingerprint density at radius 3 is 2.68 bits per heavy atom. The Hall–Kier alpha value is -2.91. The predicted molar refractivity (Wildman–Crippen MR) is 113 cm³/mol. The summed E-state index contributed by atoms with van der Waals surface area (Å²) in [6, 6.07) is 21.7. The third kappa shape index (κ3) is 2.83. The van der Waals surface area contributed by atoms with Crippen LogP contribution in [0.2, 0.25) is 0 Å². The zero-order valence-corrected chi connectivity index (χ0v) is 16.1. The standard InChI is InChI=1S/C25H24N2O/c1-17-7-11-23-22(13-17)25(19-8-10-21(16-28)26-14-19)24-12-9-20(15-27(23)24)18-5-3-2-4-6-18/h2-8,10-11,13-14,20,28H,9,12,15-16H2,1H3. The number of fused-ring (bicyclic) bond motifs is 3. The van der Waals surface area contributed by atoms with Gasteiger partial charge in [-0.3, -0.25) is 4.98 Å². The highest BCUT2D eigenvalue weighted by molar-refractivity contribution is 5.98. The van der Waals surface area contributed by atoms with Crippen molar-refractivity contribution in [1.82, 2.24) is 9.55 Å². The molecule has 28 heavy (non-hydrogen) atoms. The lowest BCUT2D eigenvalue weighted by atomic mass is 9.89. The Kier molecular flexibility index (Phi) is 4.25. The second-order valence-electron chi connectivity index (χ2n) is 7.80. The Morgan fingerprint density at radius 2 is 1.93 bits per heavy atom. The van der Waals surface area contributed by atoms with Gasteiger partial charge in [0.15, 0.2) is 0 Å². The first-order valence-corrected chi connectivity index (χ1v) is 9.97. The molecular formula is C25H24N2O. The summed E-state index contributed by atoms with van der Waals surface area (Å²) in [6.07, 6.45) is 4.13. The van der Waals surface area contributed by atoms with Crippen LogP contribution in [0, 0.1) is 6.92 Å². The Bertz CT molecular complexity index is 1130. The molecule has 1 atom stereocenters. The second kappa shape index (κ2) is 6.92. The molecule has 5 rings (SSSR count). The number of aryl methyl sites for hydroxylation is 1. The van der Waals surface area contributed by atoms with Gasteiger partial charge in [0.05, 0.1) is 12.3 Å². The van der Waals surface area contributed by atoms with E-state index in [4.69, 9.17) is 0 Å². The Balaban J connectivity index is 1.67. The average Bonchev–Trinajstić information content (AvgIpc) is 3.07. The van der Waals surface area contributed by atoms with Gasteiger partial charge >= 0.3 is 0 Å². The lowest BCUT2D eigenvalue weighted by molar-refractivity contribution is 0.277. The number of aliphatic hydroxyl groups excluding tert-OH is 1. The van der Waals surface area contributed by atoms with Crippen LogP contribution < -0.4 is 0 Å². The first-order valence-electron chi connectivity index (χ1n) is 9.97. The van der Waals surface area contributed by atoms with E-state index in [0.29, 0.717) is 11.6 Å². The maximum atomic E-state index is 9.33. The minimum absolute atomic E-state index is 0.0211. The van der Waals surface area contributed by atoms with Crippen molar-refractivity contribution < 1.29 is 5.11 Å². The van der Waals surface area contributed by atoms with Crippen molar-refractivity contribution in [2.24, 2.45) is 0 Å². The molecule has 2 aromatic heterocycles. The van der Waals surface area contributed by atoms with Crippen LogP contribution in [0.3, 0.4) is 0 Å². The third-order valence-corrected chi connectivity index (χ3v) is 6.01. The molecule has 0 bridgehead atoms. The van der Waals surface area contributed by atoms with E-state index >= 15 is 0 Å². The topological polar surface area (TPSA) is 38.1 Å². The molecule has 3 heterocycles. The first kappa shape index (κ1) is 17.2. The fourth-order valence-corrected chi connectivity index (χ4v) is 4.60. The van der Waals surface area contributed by atoms with Crippen LogP contribution in [0.4, 0.5) is 0 Å². The van der Waals surface area contributed by atoms with Crippen molar-refractivity contribution in [1.29, 1.82) is 0 Å². The van der Waals surface area contributed by atoms with Crippen LogP contribution in [0.25, 0.3) is 22.0 Å². The van der Waals surface area contributed by atoms with Crippen LogP contribution in [0.15, 0.2) is 66.9 Å². The SMILES string of the molecule is Cc1ccc2c(c1)c(-c1ccc(CO)nc1)c1n2CC(c2ccccc2)CC1. The molecule has 0 saturated carbocycles. The summed E-state index contributed by atoms with van der Waals surface area (Å²) >= 11 is 0. The molecule has 1 aliphatic rings. The summed E-state index contributed by atoms with van der Waals surface area (Å²) < 4.78 is 2.52. The lowest BCUT2D eigenvalue weighted by Gasteiger charge is -2.26. The fraction of sp³-hybridized carbons (Fsp3) is 0.240. The maximum absolute atomic E-state index is 9.33. The van der Waals surface area contributed by atoms with E-state index in [9.17, 15) is 5.11 Å². The number of aromatic nitrogens is 2. The molecule has 0 aliphatic carbocycles. The molecule has 0 radical (unpaired) electrons. The summed E-state index contributed by atoms with van der Waals surface area (Å²) in [4.78, 5) is 4.43. The monoisotopic (exact) mass is 368 g/mol. The molecule has 1 unspecified atom stereocenters. The van der Waals surface area contributed by atoms with Crippen molar-refractivity contribution in [3.8, 4) is 11.1 Å². The van der Waals surface area contributed by atoms with E-state index in [2.05, 4.69) is 71.1 Å². The van der Waals surface area contributed by atoms with E-state index in [1.54, 1.807) is 0 Å². The number of benzene rings is 2. The summed E-state index contributed by atoms with van der Waals surface area (Å²) in [5.74, 6) is 0.549. The van der Waals surface area contributed by atoms with Crippen molar-refractivity contribution in [2.75, 3.05) is 0 Å². The Morgan fingerprint density at radius 1 is 1.07 bits per heavy atom. The first-order chi connectivity index (χ1) is 13.7. The predicted octanol–water partition coefficient (Wildman–Crippen LogP) is 5.23. The number of nitrogens with zero attached hydrogens (tertiary/aromatic N) is 2. The van der Waals surface area contributed by atoms with Crippen molar-refractivity contribution in [3.63, 3.8) is 0 Å². The Labute approximate surface area is 165 Å². The van der Waals surface area contributed by atoms with Gasteiger partial charge in [0.25, 0.3) is 0 Å². The molecule has 0 amide bonds. The number of hydrogen-bond acceptors (Lipinski definition) is 2. The highest BCUT2D eigenvalue weighted by Gasteiger charge is 2.26. The molecule has 1 N–H and O–H groups in total. The number of aliphatic hydroxyl groups is 1. The van der Waals surface area contributed by atoms with Gasteiger partial charge in [-0.1, -0.05) is 48.0 Å². The smallest absolute Gasteiger partial charge is 0.0852 e. The van der Waals surface area contributed by atoms with Crippen molar-refractivity contribution in [3.05, 3.63) is 89.4 Å². The third-order valence-electron chi connectivity index (χ3n) is 6.01. The molecule has 0 saturated heterocycles. The zero-order valence-electron chi connectivity index (χ0n) is 16.1. The number of pyridine rings is 1. The quantitative estimate of drug-likeness (QED) is 0.537. The van der Waals surface area contributed by atoms with E-state index in [0.717, 1.165) is 24.9 Å². The van der Waals surface area contributed by atoms with Gasteiger partial charge in [0.2, 0.25) is 0 Å². The molecule has 140 valence electrons. The van der Waals surface area contributed by atoms with Crippen LogP contribution in [0.1, 0.15) is 34.9 Å². The fourth-order valence-electron chi connectivity index (χ4n) is 4.60. The molecule has 4 aromatic rings. The van der Waals surface area contributed by atoms with E-state index in [1.807, 2.05) is 12.3 Å². The molecule has 0 fully saturated rings. The molecule has 2 aromatic carbocycles. The minimum atomic E-state index is -0.0211. The number of hydrogen-bond donors (Lipinski definition) is 1. The highest BCUT2D eigenvalue weighted by Crippen LogP contribution is 2.41. The van der Waals surface area contributed by atoms with Gasteiger partial charge in [0.1, 0.15) is 0 Å². The van der Waals surface area contributed by atoms with Crippen LogP contribution in [0.5, 0.6) is 0 Å². The van der Waals surface area contributed by atoms with Gasteiger partial charge in [0, 0.05) is 46.4 Å². The largest absolute Gasteiger partial charge is 0.390 e. The molecule has 3 nitrogen and oxygen atoms in total. The maximum Gasteiger partial charge on any atom is 0.0852 e. The minimum Gasteiger partial charge on any atom is -0.390 e. The molecule has 1 aliphatic heterocycles. The zero-order chi connectivity index (χ0) is 19.1. The summed E-state index contributed by atoms with van der Waals surface area (Å²) in [6.45, 7) is 3.15. The molecule has 0 spiro atoms. The van der Waals surface area contributed by atoms with E-state index in [-0.39, 0.29) is 6.61 Å². The van der Waals surface area contributed by atoms with Crippen LogP contribution >= 0.6 is 0 Å². The summed E-state index contributed by atoms with van der Waals surface area (Å²) in [7, 11) is 0. The van der Waals surface area contributed by atoms with Crippen molar-refractivity contribution in [2.45, 2.75) is 38.8 Å². The van der Waals surface area contributed by atoms with Crippen LogP contribution in [-0.4, -0.2) is 14.7 Å². The molecule has 3 heteroatoms. The van der Waals surface area contributed by atoms with E-state index < -0.39 is 0 Å². The van der Waals surface area contributed by atoms with Gasteiger partial charge in [-0.05, 0) is 43.5 Å². The van der Waals surface area contributed by atoms with Gasteiger partial charge < -0.3 is 9.67 Å². The summed E-state index contributed by atoms with van der Waals surface area (Å²) in [5, 5.41) is 10.6. The van der Waals surface area contributed by atoms with Gasteiger partial charge in [-0.2, -0.15) is 0 Å². The number of rotatable bonds is 3.